The molecule has 0 aromatic rings. The molecule has 0 fully saturated rings. The Balaban J connectivity index is 4.41. The second-order valence-corrected chi connectivity index (χ2v) is 13.7. The molecule has 0 spiro atoms. The fraction of sp³-hybridized carbons (Fsp3) is 0.769. The first kappa shape index (κ1) is 19.8. The Morgan fingerprint density at radius 1 is 1.15 bits per heavy atom. The van der Waals surface area contributed by atoms with Crippen molar-refractivity contribution in [3.8, 4) is 0 Å². The largest absolute Gasteiger partial charge is 0.462 e. The SMILES string of the molecule is C=C(C)C(=O)OCCC(CC)[SiH](O[SiH](C)C)O[SiH](C)C. The van der Waals surface area contributed by atoms with Crippen LogP contribution in [0, 0.1) is 0 Å². The average Bonchev–Trinajstić information content (AvgIpc) is 2.32. The molecule has 0 heterocycles. The predicted octanol–water partition coefficient (Wildman–Crippen LogP) is 2.50. The molecular formula is C13H30O4Si3. The molecule has 0 aliphatic rings. The highest BCUT2D eigenvalue weighted by atomic mass is 28.4. The lowest BCUT2D eigenvalue weighted by Crippen LogP contribution is -2.37. The third-order valence-corrected chi connectivity index (χ3v) is 10.9. The first-order valence-electron chi connectivity index (χ1n) is 7.41. The smallest absolute Gasteiger partial charge is 0.333 e. The lowest BCUT2D eigenvalue weighted by molar-refractivity contribution is -0.139. The van der Waals surface area contributed by atoms with Gasteiger partial charge in [-0.05, 0) is 39.5 Å². The van der Waals surface area contributed by atoms with Crippen molar-refractivity contribution in [2.45, 2.75) is 58.4 Å². The Morgan fingerprint density at radius 2 is 1.65 bits per heavy atom. The molecule has 0 amide bonds. The first-order chi connectivity index (χ1) is 9.27. The van der Waals surface area contributed by atoms with E-state index in [4.69, 9.17) is 13.0 Å². The van der Waals surface area contributed by atoms with Crippen LogP contribution in [0.5, 0.6) is 0 Å². The van der Waals surface area contributed by atoms with Gasteiger partial charge in [0.2, 0.25) is 0 Å². The zero-order valence-corrected chi connectivity index (χ0v) is 17.2. The third kappa shape index (κ3) is 8.85. The quantitative estimate of drug-likeness (QED) is 0.350. The molecule has 0 aromatic carbocycles. The van der Waals surface area contributed by atoms with Gasteiger partial charge in [0.25, 0.3) is 0 Å². The zero-order valence-electron chi connectivity index (χ0n) is 13.8. The summed E-state index contributed by atoms with van der Waals surface area (Å²) in [5.74, 6) is -0.309. The molecule has 0 bridgehead atoms. The molecule has 0 aliphatic carbocycles. The van der Waals surface area contributed by atoms with Gasteiger partial charge in [0, 0.05) is 11.1 Å². The van der Waals surface area contributed by atoms with E-state index in [0.717, 1.165) is 12.8 Å². The van der Waals surface area contributed by atoms with Gasteiger partial charge in [0.15, 0.2) is 18.1 Å². The van der Waals surface area contributed by atoms with Crippen LogP contribution in [0.15, 0.2) is 12.2 Å². The molecule has 0 saturated carbocycles. The Kier molecular flexibility index (Phi) is 10.4. The number of esters is 1. The molecule has 0 N–H and O–H groups in total. The van der Waals surface area contributed by atoms with Gasteiger partial charge in [-0.15, -0.1) is 0 Å². The minimum absolute atomic E-state index is 0.309. The molecule has 20 heavy (non-hydrogen) atoms. The van der Waals surface area contributed by atoms with Gasteiger partial charge >= 0.3 is 15.3 Å². The van der Waals surface area contributed by atoms with Gasteiger partial charge in [-0.3, -0.25) is 0 Å². The lowest BCUT2D eigenvalue weighted by Gasteiger charge is -2.28. The van der Waals surface area contributed by atoms with Crippen molar-refractivity contribution in [2.24, 2.45) is 0 Å². The summed E-state index contributed by atoms with van der Waals surface area (Å²) < 4.78 is 17.5. The zero-order chi connectivity index (χ0) is 15.7. The fourth-order valence-corrected chi connectivity index (χ4v) is 9.45. The van der Waals surface area contributed by atoms with Crippen molar-refractivity contribution in [1.82, 2.24) is 0 Å². The van der Waals surface area contributed by atoms with Crippen LogP contribution in [-0.2, 0) is 17.8 Å². The summed E-state index contributed by atoms with van der Waals surface area (Å²) in [5, 5.41) is 0. The minimum Gasteiger partial charge on any atom is -0.462 e. The second kappa shape index (κ2) is 10.5. The molecule has 0 saturated heterocycles. The van der Waals surface area contributed by atoms with Crippen molar-refractivity contribution >= 4 is 33.3 Å². The maximum atomic E-state index is 11.4. The Bertz CT molecular complexity index is 298. The number of carbonyl (C=O) groups is 1. The topological polar surface area (TPSA) is 44.8 Å². The molecule has 7 heteroatoms. The van der Waals surface area contributed by atoms with Crippen LogP contribution in [0.4, 0.5) is 0 Å². The van der Waals surface area contributed by atoms with Crippen molar-refractivity contribution in [3.05, 3.63) is 12.2 Å². The van der Waals surface area contributed by atoms with E-state index in [1.54, 1.807) is 6.92 Å². The van der Waals surface area contributed by atoms with E-state index in [1.807, 2.05) is 0 Å². The van der Waals surface area contributed by atoms with E-state index < -0.39 is 27.4 Å². The third-order valence-electron chi connectivity index (χ3n) is 2.79. The molecule has 0 aliphatic heterocycles. The van der Waals surface area contributed by atoms with E-state index >= 15 is 0 Å². The summed E-state index contributed by atoms with van der Waals surface area (Å²) in [7, 11) is -3.82. The lowest BCUT2D eigenvalue weighted by atomic mass is 10.2. The van der Waals surface area contributed by atoms with Crippen molar-refractivity contribution < 1.29 is 17.8 Å². The maximum Gasteiger partial charge on any atom is 0.333 e. The van der Waals surface area contributed by atoms with E-state index in [0.29, 0.717) is 17.7 Å². The summed E-state index contributed by atoms with van der Waals surface area (Å²) in [6.45, 7) is 16.6. The van der Waals surface area contributed by atoms with Crippen LogP contribution < -0.4 is 0 Å². The van der Waals surface area contributed by atoms with Crippen LogP contribution in [0.2, 0.25) is 31.7 Å². The Morgan fingerprint density at radius 3 is 2.00 bits per heavy atom. The number of hydrogen-bond donors (Lipinski definition) is 0. The molecule has 1 unspecified atom stereocenters. The Hall–Kier alpha value is -0.219. The van der Waals surface area contributed by atoms with Crippen molar-refractivity contribution in [2.75, 3.05) is 6.61 Å². The minimum atomic E-state index is -1.64. The summed E-state index contributed by atoms with van der Waals surface area (Å²) >= 11 is 0. The Labute approximate surface area is 128 Å². The van der Waals surface area contributed by atoms with Gasteiger partial charge < -0.3 is 13.0 Å². The predicted molar refractivity (Wildman–Crippen MR) is 91.5 cm³/mol. The monoisotopic (exact) mass is 334 g/mol. The second-order valence-electron chi connectivity index (χ2n) is 5.61. The molecular weight excluding hydrogens is 304 g/mol. The fourth-order valence-electron chi connectivity index (χ4n) is 1.75. The van der Waals surface area contributed by atoms with Crippen LogP contribution in [-0.4, -0.2) is 39.9 Å². The van der Waals surface area contributed by atoms with E-state index in [2.05, 4.69) is 39.7 Å². The summed E-state index contributed by atoms with van der Waals surface area (Å²) in [6.07, 6.45) is 1.85. The summed E-state index contributed by atoms with van der Waals surface area (Å²) in [5.41, 5.74) is 0.862. The van der Waals surface area contributed by atoms with Gasteiger partial charge in [-0.1, -0.05) is 19.9 Å². The van der Waals surface area contributed by atoms with E-state index in [1.165, 1.54) is 0 Å². The standard InChI is InChI=1S/C13H30O4Si3/c1-8-12(9-10-15-13(14)11(2)3)20(16-18(4)5)17-19(6)7/h12,18-20H,2,8-10H2,1,3-7H3. The van der Waals surface area contributed by atoms with Crippen LogP contribution >= 0.6 is 0 Å². The van der Waals surface area contributed by atoms with E-state index in [-0.39, 0.29) is 5.97 Å². The highest BCUT2D eigenvalue weighted by Crippen LogP contribution is 2.23. The van der Waals surface area contributed by atoms with Crippen molar-refractivity contribution in [1.29, 1.82) is 0 Å². The average molecular weight is 335 g/mol. The molecule has 0 aromatic heterocycles. The van der Waals surface area contributed by atoms with Gasteiger partial charge in [-0.25, -0.2) is 4.79 Å². The summed E-state index contributed by atoms with van der Waals surface area (Å²) in [6, 6.07) is 0. The maximum absolute atomic E-state index is 11.4. The normalized spacial score (nSPS) is 13.1. The number of rotatable bonds is 10. The number of ether oxygens (including phenoxy) is 1. The molecule has 0 rings (SSSR count). The first-order valence-corrected chi connectivity index (χ1v) is 14.6. The number of hydrogen-bond acceptors (Lipinski definition) is 4. The van der Waals surface area contributed by atoms with Crippen LogP contribution in [0.3, 0.4) is 0 Å². The van der Waals surface area contributed by atoms with Crippen molar-refractivity contribution in [3.63, 3.8) is 0 Å². The highest BCUT2D eigenvalue weighted by molar-refractivity contribution is 6.68. The molecule has 4 nitrogen and oxygen atoms in total. The van der Waals surface area contributed by atoms with Gasteiger partial charge in [0.05, 0.1) is 6.61 Å². The van der Waals surface area contributed by atoms with Crippen LogP contribution in [0.25, 0.3) is 0 Å². The number of carbonyl (C=O) groups excluding carboxylic acids is 1. The van der Waals surface area contributed by atoms with E-state index in [9.17, 15) is 4.79 Å². The van der Waals surface area contributed by atoms with Gasteiger partial charge in [0.1, 0.15) is 0 Å². The molecule has 0 radical (unpaired) electrons. The molecule has 118 valence electrons. The van der Waals surface area contributed by atoms with Crippen LogP contribution in [0.1, 0.15) is 26.7 Å². The molecule has 1 atom stereocenters. The summed E-state index contributed by atoms with van der Waals surface area (Å²) in [4.78, 5) is 11.4. The van der Waals surface area contributed by atoms with Gasteiger partial charge in [-0.2, -0.15) is 0 Å². The highest BCUT2D eigenvalue weighted by Gasteiger charge is 2.27.